The Morgan fingerprint density at radius 3 is 2.42 bits per heavy atom. The summed E-state index contributed by atoms with van der Waals surface area (Å²) in [7, 11) is 0. The molecule has 2 aliphatic rings. The Hall–Kier alpha value is -1.39. The van der Waals surface area contributed by atoms with Gasteiger partial charge < -0.3 is 9.64 Å². The molecule has 1 amide bonds. The SMILES string of the molecule is O=C1CCCN1C(c1ccccc1)N1CCOCC1. The molecule has 4 nitrogen and oxygen atoms in total. The zero-order valence-corrected chi connectivity index (χ0v) is 11.1. The molecule has 0 bridgehead atoms. The lowest BCUT2D eigenvalue weighted by Gasteiger charge is -2.39. The fraction of sp³-hybridized carbons (Fsp3) is 0.533. The van der Waals surface area contributed by atoms with Gasteiger partial charge in [0.2, 0.25) is 5.91 Å². The van der Waals surface area contributed by atoms with Crippen LogP contribution in [0.1, 0.15) is 24.6 Å². The topological polar surface area (TPSA) is 32.8 Å². The van der Waals surface area contributed by atoms with Crippen molar-refractivity contribution in [3.05, 3.63) is 35.9 Å². The number of ether oxygens (including phenoxy) is 1. The third kappa shape index (κ3) is 2.65. The van der Waals surface area contributed by atoms with E-state index in [2.05, 4.69) is 17.0 Å². The first-order valence-electron chi connectivity index (χ1n) is 7.02. The number of rotatable bonds is 3. The third-order valence-electron chi connectivity index (χ3n) is 3.89. The van der Waals surface area contributed by atoms with Gasteiger partial charge in [0.1, 0.15) is 6.17 Å². The van der Waals surface area contributed by atoms with Crippen LogP contribution >= 0.6 is 0 Å². The number of carbonyl (C=O) groups excluding carboxylic acids is 1. The van der Waals surface area contributed by atoms with Gasteiger partial charge in [-0.15, -0.1) is 0 Å². The molecule has 1 atom stereocenters. The summed E-state index contributed by atoms with van der Waals surface area (Å²) in [6.45, 7) is 4.17. The Morgan fingerprint density at radius 2 is 1.79 bits per heavy atom. The van der Waals surface area contributed by atoms with Gasteiger partial charge in [-0.2, -0.15) is 0 Å². The van der Waals surface area contributed by atoms with Crippen LogP contribution in [0.15, 0.2) is 30.3 Å². The molecule has 3 rings (SSSR count). The Bertz CT molecular complexity index is 429. The highest BCUT2D eigenvalue weighted by Gasteiger charge is 2.33. The van der Waals surface area contributed by atoms with E-state index >= 15 is 0 Å². The van der Waals surface area contributed by atoms with E-state index in [9.17, 15) is 4.79 Å². The van der Waals surface area contributed by atoms with Gasteiger partial charge in [-0.05, 0) is 12.0 Å². The molecule has 0 saturated carbocycles. The lowest BCUT2D eigenvalue weighted by atomic mass is 10.1. The van der Waals surface area contributed by atoms with Gasteiger partial charge in [0.25, 0.3) is 0 Å². The molecular weight excluding hydrogens is 240 g/mol. The second-order valence-corrected chi connectivity index (χ2v) is 5.12. The van der Waals surface area contributed by atoms with Crippen molar-refractivity contribution < 1.29 is 9.53 Å². The highest BCUT2D eigenvalue weighted by Crippen LogP contribution is 2.29. The monoisotopic (exact) mass is 260 g/mol. The van der Waals surface area contributed by atoms with Crippen molar-refractivity contribution in [2.45, 2.75) is 19.0 Å². The van der Waals surface area contributed by atoms with Crippen LogP contribution < -0.4 is 0 Å². The summed E-state index contributed by atoms with van der Waals surface area (Å²) in [5.74, 6) is 0.278. The fourth-order valence-electron chi connectivity index (χ4n) is 2.96. The molecular formula is C15H20N2O2. The van der Waals surface area contributed by atoms with Gasteiger partial charge in [-0.25, -0.2) is 0 Å². The first kappa shape index (κ1) is 12.6. The minimum absolute atomic E-state index is 0.0834. The predicted octanol–water partition coefficient (Wildman–Crippen LogP) is 1.64. The lowest BCUT2D eigenvalue weighted by Crippen LogP contribution is -2.47. The van der Waals surface area contributed by atoms with E-state index < -0.39 is 0 Å². The zero-order valence-electron chi connectivity index (χ0n) is 11.1. The lowest BCUT2D eigenvalue weighted by molar-refractivity contribution is -0.135. The molecule has 2 aliphatic heterocycles. The molecule has 2 saturated heterocycles. The Morgan fingerprint density at radius 1 is 1.05 bits per heavy atom. The Labute approximate surface area is 113 Å². The maximum absolute atomic E-state index is 12.1. The number of amides is 1. The maximum atomic E-state index is 12.1. The number of hydrogen-bond donors (Lipinski definition) is 0. The van der Waals surface area contributed by atoms with Crippen LogP contribution in [0.5, 0.6) is 0 Å². The van der Waals surface area contributed by atoms with E-state index in [1.54, 1.807) is 0 Å². The van der Waals surface area contributed by atoms with Gasteiger partial charge in [0, 0.05) is 26.1 Å². The van der Waals surface area contributed by atoms with Crippen LogP contribution in [0.3, 0.4) is 0 Å². The predicted molar refractivity (Wildman–Crippen MR) is 72.5 cm³/mol. The van der Waals surface area contributed by atoms with Crippen molar-refractivity contribution in [2.24, 2.45) is 0 Å². The molecule has 0 aliphatic carbocycles. The number of benzene rings is 1. The van der Waals surface area contributed by atoms with E-state index in [1.165, 1.54) is 5.56 Å². The van der Waals surface area contributed by atoms with Gasteiger partial charge in [-0.1, -0.05) is 30.3 Å². The highest BCUT2D eigenvalue weighted by atomic mass is 16.5. The van der Waals surface area contributed by atoms with Crippen molar-refractivity contribution in [1.82, 2.24) is 9.80 Å². The molecule has 0 radical (unpaired) electrons. The van der Waals surface area contributed by atoms with Crippen molar-refractivity contribution in [2.75, 3.05) is 32.8 Å². The van der Waals surface area contributed by atoms with Crippen molar-refractivity contribution in [3.63, 3.8) is 0 Å². The smallest absolute Gasteiger partial charge is 0.224 e. The number of carbonyl (C=O) groups is 1. The average molecular weight is 260 g/mol. The summed E-state index contributed by atoms with van der Waals surface area (Å²) in [5.41, 5.74) is 1.21. The molecule has 0 N–H and O–H groups in total. The van der Waals surface area contributed by atoms with E-state index in [4.69, 9.17) is 4.74 Å². The number of likely N-dealkylation sites (tertiary alicyclic amines) is 1. The van der Waals surface area contributed by atoms with E-state index in [-0.39, 0.29) is 12.1 Å². The average Bonchev–Trinajstić information content (AvgIpc) is 2.88. The molecule has 102 valence electrons. The normalized spacial score (nSPS) is 22.7. The molecule has 0 spiro atoms. The molecule has 0 aromatic heterocycles. The van der Waals surface area contributed by atoms with Gasteiger partial charge in [-0.3, -0.25) is 9.69 Å². The van der Waals surface area contributed by atoms with Crippen LogP contribution in [0.4, 0.5) is 0 Å². The Balaban J connectivity index is 1.88. The quantitative estimate of drug-likeness (QED) is 0.828. The molecule has 2 fully saturated rings. The molecule has 2 heterocycles. The summed E-state index contributed by atoms with van der Waals surface area (Å²) in [4.78, 5) is 16.5. The summed E-state index contributed by atoms with van der Waals surface area (Å²) in [6.07, 6.45) is 1.75. The molecule has 4 heteroatoms. The standard InChI is InChI=1S/C15H20N2O2/c18-14-7-4-8-17(14)15(13-5-2-1-3-6-13)16-9-11-19-12-10-16/h1-3,5-6,15H,4,7-12H2. The van der Waals surface area contributed by atoms with Crippen molar-refractivity contribution >= 4 is 5.91 Å². The summed E-state index contributed by atoms with van der Waals surface area (Å²) < 4.78 is 5.43. The highest BCUT2D eigenvalue weighted by molar-refractivity contribution is 5.78. The second-order valence-electron chi connectivity index (χ2n) is 5.12. The summed E-state index contributed by atoms with van der Waals surface area (Å²) in [5, 5.41) is 0. The summed E-state index contributed by atoms with van der Waals surface area (Å²) in [6, 6.07) is 10.3. The van der Waals surface area contributed by atoms with E-state index in [0.29, 0.717) is 6.42 Å². The number of nitrogens with zero attached hydrogens (tertiary/aromatic N) is 2. The van der Waals surface area contributed by atoms with Crippen molar-refractivity contribution in [1.29, 1.82) is 0 Å². The molecule has 1 aromatic carbocycles. The van der Waals surface area contributed by atoms with Crippen LogP contribution in [-0.2, 0) is 9.53 Å². The number of hydrogen-bond acceptors (Lipinski definition) is 3. The summed E-state index contributed by atoms with van der Waals surface area (Å²) >= 11 is 0. The van der Waals surface area contributed by atoms with E-state index in [0.717, 1.165) is 39.3 Å². The molecule has 19 heavy (non-hydrogen) atoms. The van der Waals surface area contributed by atoms with Crippen LogP contribution in [0, 0.1) is 0 Å². The van der Waals surface area contributed by atoms with Crippen LogP contribution in [0.25, 0.3) is 0 Å². The minimum Gasteiger partial charge on any atom is -0.379 e. The number of morpholine rings is 1. The minimum atomic E-state index is 0.0834. The second kappa shape index (κ2) is 5.72. The largest absolute Gasteiger partial charge is 0.379 e. The first-order chi connectivity index (χ1) is 9.36. The molecule has 1 aromatic rings. The van der Waals surface area contributed by atoms with Gasteiger partial charge in [0.15, 0.2) is 0 Å². The van der Waals surface area contributed by atoms with Crippen LogP contribution in [0.2, 0.25) is 0 Å². The van der Waals surface area contributed by atoms with Crippen LogP contribution in [-0.4, -0.2) is 48.6 Å². The van der Waals surface area contributed by atoms with Crippen molar-refractivity contribution in [3.8, 4) is 0 Å². The van der Waals surface area contributed by atoms with Gasteiger partial charge >= 0.3 is 0 Å². The third-order valence-corrected chi connectivity index (χ3v) is 3.89. The fourth-order valence-corrected chi connectivity index (χ4v) is 2.96. The van der Waals surface area contributed by atoms with E-state index in [1.807, 2.05) is 23.1 Å². The maximum Gasteiger partial charge on any atom is 0.224 e. The first-order valence-corrected chi connectivity index (χ1v) is 7.02. The van der Waals surface area contributed by atoms with Gasteiger partial charge in [0.05, 0.1) is 13.2 Å². The zero-order chi connectivity index (χ0) is 13.1. The Kier molecular flexibility index (Phi) is 3.80. The molecule has 1 unspecified atom stereocenters.